The van der Waals surface area contributed by atoms with Crippen molar-refractivity contribution in [2.45, 2.75) is 57.1 Å². The molecule has 0 bridgehead atoms. The first-order valence-corrected chi connectivity index (χ1v) is 13.1. The van der Waals surface area contributed by atoms with E-state index in [1.54, 1.807) is 16.9 Å². The van der Waals surface area contributed by atoms with E-state index in [9.17, 15) is 18.7 Å². The highest BCUT2D eigenvalue weighted by Gasteiger charge is 2.60. The lowest BCUT2D eigenvalue weighted by molar-refractivity contribution is -0.161. The van der Waals surface area contributed by atoms with Crippen LogP contribution in [-0.4, -0.2) is 65.7 Å². The number of carbonyl (C=O) groups is 1. The molecule has 0 radical (unpaired) electrons. The summed E-state index contributed by atoms with van der Waals surface area (Å²) < 4.78 is 29.0. The average molecular weight is 535 g/mol. The van der Waals surface area contributed by atoms with Gasteiger partial charge in [0.05, 0.1) is 46.5 Å². The van der Waals surface area contributed by atoms with Crippen LogP contribution in [0.15, 0.2) is 43.0 Å². The number of aliphatic hydroxyl groups is 1. The minimum absolute atomic E-state index is 0.115. The van der Waals surface area contributed by atoms with Gasteiger partial charge in [0.25, 0.3) is 5.91 Å². The first-order chi connectivity index (χ1) is 18.7. The summed E-state index contributed by atoms with van der Waals surface area (Å²) in [5.74, 6) is -0.304. The van der Waals surface area contributed by atoms with Gasteiger partial charge in [-0.25, -0.2) is 18.0 Å². The lowest BCUT2D eigenvalue weighted by atomic mass is 9.54. The molecule has 1 aliphatic heterocycles. The summed E-state index contributed by atoms with van der Waals surface area (Å²) in [7, 11) is 0. The van der Waals surface area contributed by atoms with Crippen LogP contribution in [0, 0.1) is 12.3 Å². The number of pyridine rings is 2. The van der Waals surface area contributed by atoms with Gasteiger partial charge in [-0.2, -0.15) is 5.10 Å². The first kappa shape index (κ1) is 24.1. The fourth-order valence-electron chi connectivity index (χ4n) is 6.20. The number of aromatic nitrogens is 6. The Kier molecular flexibility index (Phi) is 5.28. The van der Waals surface area contributed by atoms with Crippen molar-refractivity contribution in [2.75, 3.05) is 23.3 Å². The van der Waals surface area contributed by atoms with Crippen LogP contribution in [0.3, 0.4) is 0 Å². The molecule has 3 fully saturated rings. The number of nitrogens with one attached hydrogen (secondary N) is 1. The van der Waals surface area contributed by atoms with E-state index in [0.29, 0.717) is 60.1 Å². The number of alkyl halides is 2. The van der Waals surface area contributed by atoms with Crippen molar-refractivity contribution in [1.82, 2.24) is 29.6 Å². The Balaban J connectivity index is 1.07. The van der Waals surface area contributed by atoms with E-state index in [0.717, 1.165) is 24.1 Å². The predicted octanol–water partition coefficient (Wildman–Crippen LogP) is 3.87. The van der Waals surface area contributed by atoms with Gasteiger partial charge in [0.2, 0.25) is 6.43 Å². The predicted molar refractivity (Wildman–Crippen MR) is 139 cm³/mol. The molecule has 0 unspecified atom stereocenters. The zero-order chi connectivity index (χ0) is 26.9. The van der Waals surface area contributed by atoms with Crippen LogP contribution in [0.1, 0.15) is 54.2 Å². The molecule has 202 valence electrons. The lowest BCUT2D eigenvalue weighted by Gasteiger charge is -2.63. The van der Waals surface area contributed by atoms with Crippen molar-refractivity contribution >= 4 is 22.8 Å². The number of nitrogens with zero attached hydrogens (tertiary/aromatic N) is 7. The third-order valence-corrected chi connectivity index (χ3v) is 8.17. The fourth-order valence-corrected chi connectivity index (χ4v) is 6.20. The molecule has 4 aromatic rings. The quantitative estimate of drug-likeness (QED) is 0.370. The van der Waals surface area contributed by atoms with E-state index in [4.69, 9.17) is 0 Å². The molecule has 2 saturated carbocycles. The zero-order valence-electron chi connectivity index (χ0n) is 21.4. The fraction of sp³-hybridized carbons (Fsp3) is 0.444. The van der Waals surface area contributed by atoms with E-state index in [1.165, 1.54) is 6.20 Å². The van der Waals surface area contributed by atoms with Crippen LogP contribution in [-0.2, 0) is 0 Å². The van der Waals surface area contributed by atoms with Crippen molar-refractivity contribution in [1.29, 1.82) is 0 Å². The monoisotopic (exact) mass is 534 g/mol. The maximum absolute atomic E-state index is 13.3. The Morgan fingerprint density at radius 1 is 1.23 bits per heavy atom. The zero-order valence-corrected chi connectivity index (χ0v) is 21.4. The topological polar surface area (TPSA) is 113 Å². The summed E-state index contributed by atoms with van der Waals surface area (Å²) in [5.41, 5.74) is 3.37. The number of hydrogen-bond donors (Lipinski definition) is 2. The minimum atomic E-state index is -2.50. The van der Waals surface area contributed by atoms with Crippen molar-refractivity contribution in [3.05, 3.63) is 54.2 Å². The molecule has 1 amide bonds. The number of aryl methyl sites for hydroxylation is 1. The van der Waals surface area contributed by atoms with Gasteiger partial charge < -0.3 is 15.3 Å². The van der Waals surface area contributed by atoms with Gasteiger partial charge in [-0.05, 0) is 50.8 Å². The maximum atomic E-state index is 13.3. The smallest absolute Gasteiger partial charge is 0.259 e. The molecule has 1 spiro atoms. The Morgan fingerprint density at radius 2 is 2.03 bits per heavy atom. The molecular formula is C27H28F2N8O2. The highest BCUT2D eigenvalue weighted by molar-refractivity contribution is 6.09. The number of amides is 1. The second-order valence-electron chi connectivity index (χ2n) is 11.4. The SMILES string of the molecule is Cc1ncc(-c2cn(C3CC3)nn2)cc1NC(=O)c1cnn2ccc(N3CC4(C3)CC(O)(CC(F)F)C4)cc12. The highest BCUT2D eigenvalue weighted by atomic mass is 19.3. The minimum Gasteiger partial charge on any atom is -0.390 e. The number of rotatable bonds is 7. The van der Waals surface area contributed by atoms with Crippen LogP contribution >= 0.6 is 0 Å². The highest BCUT2D eigenvalue weighted by Crippen LogP contribution is 2.56. The lowest BCUT2D eigenvalue weighted by Crippen LogP contribution is -2.68. The third kappa shape index (κ3) is 4.32. The summed E-state index contributed by atoms with van der Waals surface area (Å²) >= 11 is 0. The average Bonchev–Trinajstić information content (AvgIpc) is 3.42. The summed E-state index contributed by atoms with van der Waals surface area (Å²) in [6, 6.07) is 6.11. The molecule has 0 atom stereocenters. The number of halogens is 2. The van der Waals surface area contributed by atoms with Crippen LogP contribution in [0.25, 0.3) is 16.8 Å². The molecule has 0 aromatic carbocycles. The van der Waals surface area contributed by atoms with E-state index >= 15 is 0 Å². The molecular weight excluding hydrogens is 506 g/mol. The normalized spacial score (nSPS) is 19.4. The largest absolute Gasteiger partial charge is 0.390 e. The van der Waals surface area contributed by atoms with Gasteiger partial charge >= 0.3 is 0 Å². The number of anilines is 2. The molecule has 10 nitrogen and oxygen atoms in total. The van der Waals surface area contributed by atoms with Crippen molar-refractivity contribution < 1.29 is 18.7 Å². The van der Waals surface area contributed by atoms with Crippen LogP contribution in [0.4, 0.5) is 20.2 Å². The van der Waals surface area contributed by atoms with Gasteiger partial charge in [-0.1, -0.05) is 5.21 Å². The third-order valence-electron chi connectivity index (χ3n) is 8.17. The first-order valence-electron chi connectivity index (χ1n) is 13.1. The maximum Gasteiger partial charge on any atom is 0.259 e. The molecule has 4 aromatic heterocycles. The van der Waals surface area contributed by atoms with Crippen LogP contribution in [0.2, 0.25) is 0 Å². The Labute approximate surface area is 222 Å². The van der Waals surface area contributed by atoms with Gasteiger partial charge in [0.1, 0.15) is 5.69 Å². The second kappa shape index (κ2) is 8.54. The Bertz CT molecular complexity index is 1580. The van der Waals surface area contributed by atoms with E-state index < -0.39 is 18.4 Å². The molecule has 1 saturated heterocycles. The molecule has 7 rings (SSSR count). The number of fused-ring (bicyclic) bond motifs is 1. The van der Waals surface area contributed by atoms with Gasteiger partial charge in [-0.15, -0.1) is 5.10 Å². The van der Waals surface area contributed by atoms with Crippen molar-refractivity contribution in [2.24, 2.45) is 5.41 Å². The summed E-state index contributed by atoms with van der Waals surface area (Å²) in [4.78, 5) is 19.9. The number of carbonyl (C=O) groups excluding carboxylic acids is 1. The molecule has 12 heteroatoms. The summed E-state index contributed by atoms with van der Waals surface area (Å²) in [5, 5.41) is 26.1. The summed E-state index contributed by atoms with van der Waals surface area (Å²) in [6.45, 7) is 3.21. The molecule has 2 N–H and O–H groups in total. The van der Waals surface area contributed by atoms with Gasteiger partial charge in [-0.3, -0.25) is 9.78 Å². The van der Waals surface area contributed by atoms with E-state index in [1.807, 2.05) is 36.0 Å². The Morgan fingerprint density at radius 3 is 2.77 bits per heavy atom. The molecule has 5 heterocycles. The summed E-state index contributed by atoms with van der Waals surface area (Å²) in [6.07, 6.45) is 7.03. The van der Waals surface area contributed by atoms with E-state index in [-0.39, 0.29) is 11.3 Å². The van der Waals surface area contributed by atoms with Gasteiger partial charge in [0.15, 0.2) is 0 Å². The van der Waals surface area contributed by atoms with Gasteiger partial charge in [0, 0.05) is 48.6 Å². The van der Waals surface area contributed by atoms with Crippen LogP contribution < -0.4 is 10.2 Å². The molecule has 39 heavy (non-hydrogen) atoms. The van der Waals surface area contributed by atoms with Crippen LogP contribution in [0.5, 0.6) is 0 Å². The number of hydrogen-bond acceptors (Lipinski definition) is 7. The molecule has 3 aliphatic rings. The standard InChI is InChI=1S/C27H28F2N8O2/c1-16-21(6-17(9-30-16)22-11-37(34-33-22)18-2-3-18)32-25(38)20-10-31-36-5-4-19(7-23(20)36)35-14-26(15-35)12-27(39,13-26)8-24(28)29/h4-7,9-11,18,24,39H,2-3,8,12-15H2,1H3,(H,32,38). The van der Waals surface area contributed by atoms with Crippen molar-refractivity contribution in [3.8, 4) is 11.3 Å². The second-order valence-corrected chi connectivity index (χ2v) is 11.4. The Hall–Kier alpha value is -3.93. The molecule has 2 aliphatic carbocycles. The van der Waals surface area contributed by atoms with E-state index in [2.05, 4.69) is 30.6 Å². The van der Waals surface area contributed by atoms with Crippen molar-refractivity contribution in [3.63, 3.8) is 0 Å².